The van der Waals surface area contributed by atoms with E-state index in [1.807, 2.05) is 0 Å². The summed E-state index contributed by atoms with van der Waals surface area (Å²) in [7, 11) is 0. The third-order valence-corrected chi connectivity index (χ3v) is 2.26. The summed E-state index contributed by atoms with van der Waals surface area (Å²) in [5.74, 6) is -0.205. The van der Waals surface area contributed by atoms with Gasteiger partial charge in [-0.05, 0) is 38.1 Å². The van der Waals surface area contributed by atoms with Crippen molar-refractivity contribution in [2.45, 2.75) is 26.0 Å². The van der Waals surface area contributed by atoms with Gasteiger partial charge in [0.15, 0.2) is 0 Å². The van der Waals surface area contributed by atoms with E-state index in [0.717, 1.165) is 0 Å². The minimum atomic E-state index is -0.567. The molecule has 0 spiro atoms. The van der Waals surface area contributed by atoms with Crippen molar-refractivity contribution in [1.29, 1.82) is 0 Å². The van der Waals surface area contributed by atoms with Gasteiger partial charge in [0, 0.05) is 11.3 Å². The topological polar surface area (TPSA) is 75.3 Å². The molecule has 82 valence electrons. The van der Waals surface area contributed by atoms with E-state index in [9.17, 15) is 9.90 Å². The van der Waals surface area contributed by atoms with Crippen LogP contribution < -0.4 is 11.1 Å². The molecule has 0 heterocycles. The molecule has 0 aromatic heterocycles. The number of hydrogen-bond acceptors (Lipinski definition) is 3. The molecule has 2 unspecified atom stereocenters. The smallest absolute Gasteiger partial charge is 0.251 e. The zero-order valence-electron chi connectivity index (χ0n) is 8.90. The number of anilines is 1. The molecular weight excluding hydrogens is 192 g/mol. The Morgan fingerprint density at radius 2 is 1.87 bits per heavy atom. The van der Waals surface area contributed by atoms with E-state index in [4.69, 9.17) is 5.73 Å². The number of aliphatic hydroxyl groups excluding tert-OH is 1. The predicted octanol–water partition coefficient (Wildman–Crippen LogP) is 0.768. The molecule has 0 saturated carbocycles. The number of rotatable bonds is 3. The van der Waals surface area contributed by atoms with Crippen LogP contribution in [0.25, 0.3) is 0 Å². The van der Waals surface area contributed by atoms with Crippen molar-refractivity contribution in [2.75, 3.05) is 5.73 Å². The highest BCUT2D eigenvalue weighted by molar-refractivity contribution is 5.94. The number of carbonyl (C=O) groups excluding carboxylic acids is 1. The first-order valence-electron chi connectivity index (χ1n) is 4.85. The molecule has 0 bridgehead atoms. The molecule has 1 rings (SSSR count). The predicted molar refractivity (Wildman–Crippen MR) is 59.5 cm³/mol. The van der Waals surface area contributed by atoms with Crippen LogP contribution in [0.2, 0.25) is 0 Å². The van der Waals surface area contributed by atoms with Gasteiger partial charge in [0.25, 0.3) is 5.91 Å². The number of nitrogen functional groups attached to an aromatic ring is 1. The second-order valence-corrected chi connectivity index (χ2v) is 3.62. The second-order valence-electron chi connectivity index (χ2n) is 3.62. The van der Waals surface area contributed by atoms with Gasteiger partial charge in [0.05, 0.1) is 12.1 Å². The molecule has 0 fully saturated rings. The van der Waals surface area contributed by atoms with Crippen molar-refractivity contribution in [1.82, 2.24) is 5.32 Å². The highest BCUT2D eigenvalue weighted by Crippen LogP contribution is 2.05. The summed E-state index contributed by atoms with van der Waals surface area (Å²) in [6.45, 7) is 3.38. The summed E-state index contributed by atoms with van der Waals surface area (Å²) in [6.07, 6.45) is -0.567. The number of nitrogens with one attached hydrogen (secondary N) is 1. The van der Waals surface area contributed by atoms with Crippen LogP contribution in [0.5, 0.6) is 0 Å². The van der Waals surface area contributed by atoms with E-state index < -0.39 is 6.10 Å². The minimum Gasteiger partial charge on any atom is -0.399 e. The summed E-state index contributed by atoms with van der Waals surface area (Å²) in [6, 6.07) is 6.37. The lowest BCUT2D eigenvalue weighted by molar-refractivity contribution is 0.0874. The standard InChI is InChI=1S/C11H16N2O2/c1-7(8(2)14)13-11(15)9-3-5-10(12)6-4-9/h3-8,14H,12H2,1-2H3,(H,13,15). The first kappa shape index (κ1) is 11.5. The monoisotopic (exact) mass is 208 g/mol. The molecular formula is C11H16N2O2. The summed E-state index contributed by atoms with van der Waals surface area (Å²) in [5, 5.41) is 11.9. The van der Waals surface area contributed by atoms with Crippen molar-refractivity contribution >= 4 is 11.6 Å². The number of aliphatic hydroxyl groups is 1. The number of benzene rings is 1. The van der Waals surface area contributed by atoms with Gasteiger partial charge in [-0.2, -0.15) is 0 Å². The largest absolute Gasteiger partial charge is 0.399 e. The van der Waals surface area contributed by atoms with Gasteiger partial charge in [-0.25, -0.2) is 0 Å². The molecule has 0 radical (unpaired) electrons. The minimum absolute atomic E-state index is 0.205. The molecule has 0 aliphatic heterocycles. The lowest BCUT2D eigenvalue weighted by Gasteiger charge is -2.16. The normalized spacial score (nSPS) is 14.3. The summed E-state index contributed by atoms with van der Waals surface area (Å²) < 4.78 is 0. The van der Waals surface area contributed by atoms with Crippen LogP contribution in [0.4, 0.5) is 5.69 Å². The fourth-order valence-electron chi connectivity index (χ4n) is 1.05. The molecule has 1 aromatic rings. The van der Waals surface area contributed by atoms with E-state index in [2.05, 4.69) is 5.32 Å². The van der Waals surface area contributed by atoms with Gasteiger partial charge in [-0.15, -0.1) is 0 Å². The quantitative estimate of drug-likeness (QED) is 0.642. The Morgan fingerprint density at radius 3 is 2.33 bits per heavy atom. The summed E-state index contributed by atoms with van der Waals surface area (Å²) in [5.41, 5.74) is 6.66. The van der Waals surface area contributed by atoms with Crippen molar-refractivity contribution in [3.05, 3.63) is 29.8 Å². The van der Waals surface area contributed by atoms with Crippen LogP contribution in [0, 0.1) is 0 Å². The van der Waals surface area contributed by atoms with E-state index in [1.165, 1.54) is 0 Å². The second kappa shape index (κ2) is 4.79. The Bertz CT molecular complexity index is 333. The summed E-state index contributed by atoms with van der Waals surface area (Å²) in [4.78, 5) is 11.6. The maximum Gasteiger partial charge on any atom is 0.251 e. The lowest BCUT2D eigenvalue weighted by atomic mass is 10.1. The molecule has 4 nitrogen and oxygen atoms in total. The molecule has 2 atom stereocenters. The van der Waals surface area contributed by atoms with Crippen molar-refractivity contribution in [3.8, 4) is 0 Å². The Hall–Kier alpha value is -1.55. The molecule has 0 aliphatic carbocycles. The van der Waals surface area contributed by atoms with Gasteiger partial charge in [-0.3, -0.25) is 4.79 Å². The molecule has 1 aromatic carbocycles. The zero-order chi connectivity index (χ0) is 11.4. The Labute approximate surface area is 89.1 Å². The molecule has 15 heavy (non-hydrogen) atoms. The maximum atomic E-state index is 11.6. The van der Waals surface area contributed by atoms with Crippen LogP contribution in [0.3, 0.4) is 0 Å². The number of amides is 1. The first-order valence-corrected chi connectivity index (χ1v) is 4.85. The Balaban J connectivity index is 2.65. The number of hydrogen-bond donors (Lipinski definition) is 3. The average molecular weight is 208 g/mol. The average Bonchev–Trinajstić information content (AvgIpc) is 2.18. The van der Waals surface area contributed by atoms with Crippen LogP contribution in [-0.4, -0.2) is 23.2 Å². The Kier molecular flexibility index (Phi) is 3.68. The van der Waals surface area contributed by atoms with Crippen LogP contribution in [0.1, 0.15) is 24.2 Å². The van der Waals surface area contributed by atoms with Gasteiger partial charge < -0.3 is 16.2 Å². The third kappa shape index (κ3) is 3.25. The molecule has 1 amide bonds. The highest BCUT2D eigenvalue weighted by atomic mass is 16.3. The fourth-order valence-corrected chi connectivity index (χ4v) is 1.05. The number of nitrogens with two attached hydrogens (primary N) is 1. The molecule has 4 heteroatoms. The van der Waals surface area contributed by atoms with Crippen molar-refractivity contribution in [2.24, 2.45) is 0 Å². The third-order valence-electron chi connectivity index (χ3n) is 2.26. The maximum absolute atomic E-state index is 11.6. The fraction of sp³-hybridized carbons (Fsp3) is 0.364. The SMILES string of the molecule is CC(O)C(C)NC(=O)c1ccc(N)cc1. The van der Waals surface area contributed by atoms with Gasteiger partial charge in [0.2, 0.25) is 0 Å². The van der Waals surface area contributed by atoms with Crippen molar-refractivity contribution < 1.29 is 9.90 Å². The first-order chi connectivity index (χ1) is 7.00. The Morgan fingerprint density at radius 1 is 1.33 bits per heavy atom. The van der Waals surface area contributed by atoms with Crippen LogP contribution in [0.15, 0.2) is 24.3 Å². The molecule has 4 N–H and O–H groups in total. The zero-order valence-corrected chi connectivity index (χ0v) is 8.90. The van der Waals surface area contributed by atoms with Gasteiger partial charge in [0.1, 0.15) is 0 Å². The molecule has 0 saturated heterocycles. The van der Waals surface area contributed by atoms with Gasteiger partial charge in [-0.1, -0.05) is 0 Å². The van der Waals surface area contributed by atoms with Crippen LogP contribution >= 0.6 is 0 Å². The number of carbonyl (C=O) groups is 1. The van der Waals surface area contributed by atoms with E-state index in [-0.39, 0.29) is 11.9 Å². The van der Waals surface area contributed by atoms with Crippen molar-refractivity contribution in [3.63, 3.8) is 0 Å². The van der Waals surface area contributed by atoms with E-state index in [1.54, 1.807) is 38.1 Å². The van der Waals surface area contributed by atoms with E-state index >= 15 is 0 Å². The lowest BCUT2D eigenvalue weighted by Crippen LogP contribution is -2.39. The van der Waals surface area contributed by atoms with Gasteiger partial charge >= 0.3 is 0 Å². The highest BCUT2D eigenvalue weighted by Gasteiger charge is 2.12. The molecule has 0 aliphatic rings. The van der Waals surface area contributed by atoms with Crippen LogP contribution in [-0.2, 0) is 0 Å². The summed E-state index contributed by atoms with van der Waals surface area (Å²) >= 11 is 0. The van der Waals surface area contributed by atoms with E-state index in [0.29, 0.717) is 11.3 Å².